The van der Waals surface area contributed by atoms with E-state index >= 15 is 0 Å². The van der Waals surface area contributed by atoms with Gasteiger partial charge in [-0.1, -0.05) is 18.6 Å². The Bertz CT molecular complexity index is 556. The number of piperidine rings is 1. The standard InChI is InChI=1S/C16H22N2O3/c1-10-6-7-14(13(9-10)15(19)20)17-16(21)18-8-4-5-11(2)12(18)3/h6-7,9,11-12H,4-5,8H2,1-3H3,(H,17,21)(H,19,20). The summed E-state index contributed by atoms with van der Waals surface area (Å²) in [6.45, 7) is 6.72. The second-order valence-corrected chi connectivity index (χ2v) is 5.84. The van der Waals surface area contributed by atoms with Crippen molar-refractivity contribution in [2.24, 2.45) is 5.92 Å². The van der Waals surface area contributed by atoms with Crippen LogP contribution < -0.4 is 5.32 Å². The van der Waals surface area contributed by atoms with E-state index in [4.69, 9.17) is 0 Å². The van der Waals surface area contributed by atoms with E-state index in [1.54, 1.807) is 23.1 Å². The summed E-state index contributed by atoms with van der Waals surface area (Å²) in [5.74, 6) is -0.574. The average Bonchev–Trinajstić information content (AvgIpc) is 2.43. The van der Waals surface area contributed by atoms with Crippen LogP contribution in [-0.4, -0.2) is 34.6 Å². The Hall–Kier alpha value is -2.04. The molecule has 2 unspecified atom stereocenters. The van der Waals surface area contributed by atoms with Crippen molar-refractivity contribution >= 4 is 17.7 Å². The molecule has 0 aliphatic carbocycles. The molecule has 2 rings (SSSR count). The van der Waals surface area contributed by atoms with Gasteiger partial charge in [-0.3, -0.25) is 0 Å². The molecular formula is C16H22N2O3. The topological polar surface area (TPSA) is 69.6 Å². The van der Waals surface area contributed by atoms with Gasteiger partial charge < -0.3 is 15.3 Å². The molecular weight excluding hydrogens is 268 g/mol. The number of carboxylic acid groups (broad SMARTS) is 1. The number of aromatic carboxylic acids is 1. The predicted molar refractivity (Wildman–Crippen MR) is 81.7 cm³/mol. The monoisotopic (exact) mass is 290 g/mol. The van der Waals surface area contributed by atoms with E-state index in [-0.39, 0.29) is 17.6 Å². The number of urea groups is 1. The van der Waals surface area contributed by atoms with Gasteiger partial charge in [0, 0.05) is 12.6 Å². The fraction of sp³-hybridized carbons (Fsp3) is 0.500. The largest absolute Gasteiger partial charge is 0.478 e. The van der Waals surface area contributed by atoms with E-state index in [9.17, 15) is 14.7 Å². The zero-order chi connectivity index (χ0) is 15.6. The third-order valence-corrected chi connectivity index (χ3v) is 4.28. The molecule has 0 spiro atoms. The Labute approximate surface area is 125 Å². The number of nitrogens with zero attached hydrogens (tertiary/aromatic N) is 1. The van der Waals surface area contributed by atoms with Crippen molar-refractivity contribution in [3.8, 4) is 0 Å². The van der Waals surface area contributed by atoms with Crippen LogP contribution in [0.3, 0.4) is 0 Å². The Balaban J connectivity index is 2.18. The molecule has 2 amide bonds. The van der Waals surface area contributed by atoms with Crippen molar-refractivity contribution in [2.45, 2.75) is 39.7 Å². The number of benzene rings is 1. The maximum Gasteiger partial charge on any atom is 0.337 e. The molecule has 0 saturated carbocycles. The second-order valence-electron chi connectivity index (χ2n) is 5.84. The maximum atomic E-state index is 12.4. The van der Waals surface area contributed by atoms with Gasteiger partial charge in [0.25, 0.3) is 0 Å². The van der Waals surface area contributed by atoms with Gasteiger partial charge in [-0.05, 0) is 44.7 Å². The summed E-state index contributed by atoms with van der Waals surface area (Å²) in [6, 6.07) is 4.96. The zero-order valence-corrected chi connectivity index (χ0v) is 12.7. The third-order valence-electron chi connectivity index (χ3n) is 4.28. The Kier molecular flexibility index (Phi) is 4.50. The molecule has 2 N–H and O–H groups in total. The highest BCUT2D eigenvalue weighted by atomic mass is 16.4. The van der Waals surface area contributed by atoms with E-state index < -0.39 is 5.97 Å². The minimum Gasteiger partial charge on any atom is -0.478 e. The Morgan fingerprint density at radius 1 is 1.33 bits per heavy atom. The highest BCUT2D eigenvalue weighted by molar-refractivity contribution is 6.00. The van der Waals surface area contributed by atoms with Gasteiger partial charge in [0.15, 0.2) is 0 Å². The van der Waals surface area contributed by atoms with E-state index in [2.05, 4.69) is 12.2 Å². The van der Waals surface area contributed by atoms with E-state index in [1.165, 1.54) is 0 Å². The smallest absolute Gasteiger partial charge is 0.337 e. The second kappa shape index (κ2) is 6.16. The molecule has 5 heteroatoms. The number of rotatable bonds is 2. The van der Waals surface area contributed by atoms with Crippen LogP contribution in [0, 0.1) is 12.8 Å². The number of carbonyl (C=O) groups is 2. The van der Waals surface area contributed by atoms with Gasteiger partial charge in [0.1, 0.15) is 0 Å². The van der Waals surface area contributed by atoms with Crippen LogP contribution >= 0.6 is 0 Å². The molecule has 0 radical (unpaired) electrons. The Morgan fingerprint density at radius 2 is 2.05 bits per heavy atom. The van der Waals surface area contributed by atoms with Crippen molar-refractivity contribution in [1.29, 1.82) is 0 Å². The summed E-state index contributed by atoms with van der Waals surface area (Å²) < 4.78 is 0. The minimum absolute atomic E-state index is 0.126. The molecule has 0 bridgehead atoms. The quantitative estimate of drug-likeness (QED) is 0.877. The molecule has 114 valence electrons. The molecule has 1 heterocycles. The van der Waals surface area contributed by atoms with Gasteiger partial charge in [-0.25, -0.2) is 9.59 Å². The van der Waals surface area contributed by atoms with Crippen LogP contribution in [0.5, 0.6) is 0 Å². The normalized spacial score (nSPS) is 22.0. The molecule has 5 nitrogen and oxygen atoms in total. The fourth-order valence-electron chi connectivity index (χ4n) is 2.75. The van der Waals surface area contributed by atoms with Gasteiger partial charge in [0.2, 0.25) is 0 Å². The first-order valence-electron chi connectivity index (χ1n) is 7.31. The SMILES string of the molecule is Cc1ccc(NC(=O)N2CCCC(C)C2C)c(C(=O)O)c1. The lowest BCUT2D eigenvalue weighted by atomic mass is 9.92. The molecule has 1 saturated heterocycles. The summed E-state index contributed by atoms with van der Waals surface area (Å²) in [7, 11) is 0. The van der Waals surface area contributed by atoms with Crippen molar-refractivity contribution in [3.05, 3.63) is 29.3 Å². The zero-order valence-electron chi connectivity index (χ0n) is 12.7. The molecule has 21 heavy (non-hydrogen) atoms. The highest BCUT2D eigenvalue weighted by Gasteiger charge is 2.28. The lowest BCUT2D eigenvalue weighted by molar-refractivity contribution is 0.0698. The summed E-state index contributed by atoms with van der Waals surface area (Å²) in [5, 5.41) is 12.0. The van der Waals surface area contributed by atoms with Crippen LogP contribution in [0.2, 0.25) is 0 Å². The number of hydrogen-bond acceptors (Lipinski definition) is 2. The number of nitrogens with one attached hydrogen (secondary N) is 1. The summed E-state index contributed by atoms with van der Waals surface area (Å²) in [6.07, 6.45) is 2.11. The molecule has 2 atom stereocenters. The molecule has 1 fully saturated rings. The van der Waals surface area contributed by atoms with Crippen LogP contribution in [0.1, 0.15) is 42.6 Å². The summed E-state index contributed by atoms with van der Waals surface area (Å²) in [5.41, 5.74) is 1.33. The first kappa shape index (κ1) is 15.4. The summed E-state index contributed by atoms with van der Waals surface area (Å²) in [4.78, 5) is 25.5. The van der Waals surface area contributed by atoms with Crippen molar-refractivity contribution in [3.63, 3.8) is 0 Å². The predicted octanol–water partition coefficient (Wildman–Crippen LogP) is 3.35. The van der Waals surface area contributed by atoms with E-state index in [1.807, 2.05) is 13.8 Å². The lowest BCUT2D eigenvalue weighted by Crippen LogP contribution is -2.48. The van der Waals surface area contributed by atoms with Crippen molar-refractivity contribution < 1.29 is 14.7 Å². The lowest BCUT2D eigenvalue weighted by Gasteiger charge is -2.37. The maximum absolute atomic E-state index is 12.4. The van der Waals surface area contributed by atoms with Crippen molar-refractivity contribution in [2.75, 3.05) is 11.9 Å². The van der Waals surface area contributed by atoms with Gasteiger partial charge >= 0.3 is 12.0 Å². The number of anilines is 1. The van der Waals surface area contributed by atoms with Crippen LogP contribution in [0.25, 0.3) is 0 Å². The molecule has 1 aromatic rings. The first-order chi connectivity index (χ1) is 9.90. The van der Waals surface area contributed by atoms with Gasteiger partial charge in [0.05, 0.1) is 11.3 Å². The number of aryl methyl sites for hydroxylation is 1. The number of carboxylic acids is 1. The van der Waals surface area contributed by atoms with E-state index in [0.717, 1.165) is 18.4 Å². The molecule has 1 aliphatic rings. The van der Waals surface area contributed by atoms with Gasteiger partial charge in [-0.15, -0.1) is 0 Å². The first-order valence-corrected chi connectivity index (χ1v) is 7.31. The van der Waals surface area contributed by atoms with Crippen LogP contribution in [0.4, 0.5) is 10.5 Å². The minimum atomic E-state index is -1.03. The number of amides is 2. The fourth-order valence-corrected chi connectivity index (χ4v) is 2.75. The van der Waals surface area contributed by atoms with Crippen molar-refractivity contribution in [1.82, 2.24) is 4.90 Å². The highest BCUT2D eigenvalue weighted by Crippen LogP contribution is 2.24. The average molecular weight is 290 g/mol. The number of hydrogen-bond donors (Lipinski definition) is 2. The van der Waals surface area contributed by atoms with Crippen LogP contribution in [-0.2, 0) is 0 Å². The third kappa shape index (κ3) is 3.35. The Morgan fingerprint density at radius 3 is 2.71 bits per heavy atom. The van der Waals surface area contributed by atoms with Crippen LogP contribution in [0.15, 0.2) is 18.2 Å². The van der Waals surface area contributed by atoms with Gasteiger partial charge in [-0.2, -0.15) is 0 Å². The molecule has 1 aliphatic heterocycles. The molecule has 1 aromatic carbocycles. The number of likely N-dealkylation sites (tertiary alicyclic amines) is 1. The molecule has 0 aromatic heterocycles. The summed E-state index contributed by atoms with van der Waals surface area (Å²) >= 11 is 0. The number of carbonyl (C=O) groups excluding carboxylic acids is 1. The van der Waals surface area contributed by atoms with E-state index in [0.29, 0.717) is 18.2 Å².